The molecule has 1 atom stereocenters. The van der Waals surface area contributed by atoms with Crippen molar-refractivity contribution in [3.63, 3.8) is 0 Å². The molecule has 0 bridgehead atoms. The second kappa shape index (κ2) is 8.88. The molecule has 0 saturated carbocycles. The number of para-hydroxylation sites is 1. The van der Waals surface area contributed by atoms with E-state index >= 15 is 0 Å². The van der Waals surface area contributed by atoms with Crippen LogP contribution in [0.15, 0.2) is 70.9 Å². The summed E-state index contributed by atoms with van der Waals surface area (Å²) in [6, 6.07) is 17.2. The van der Waals surface area contributed by atoms with Crippen LogP contribution in [0.4, 0.5) is 5.69 Å². The van der Waals surface area contributed by atoms with Gasteiger partial charge in [-0.3, -0.25) is 13.9 Å². The van der Waals surface area contributed by atoms with Crippen molar-refractivity contribution in [1.29, 1.82) is 0 Å². The van der Waals surface area contributed by atoms with Gasteiger partial charge in [0.15, 0.2) is 0 Å². The number of hydrogen-bond acceptors (Lipinski definition) is 5. The molecule has 2 aromatic carbocycles. The van der Waals surface area contributed by atoms with Crippen LogP contribution in [0.3, 0.4) is 0 Å². The zero-order valence-electron chi connectivity index (χ0n) is 18.8. The number of carbonyl (C=O) groups is 2. The SMILES string of the molecule is C[C@@H]1Cc2ccccc2N1S(=O)(=O)c1cccc(C(=O)N2CCN(C(=O)c3cccs3)CC2)c1. The first-order chi connectivity index (χ1) is 16.4. The topological polar surface area (TPSA) is 78.0 Å². The van der Waals surface area contributed by atoms with E-state index in [0.29, 0.717) is 48.7 Å². The number of thiophene rings is 1. The molecule has 2 aliphatic rings. The number of hydrogen-bond donors (Lipinski definition) is 0. The molecule has 0 N–H and O–H groups in total. The van der Waals surface area contributed by atoms with Gasteiger partial charge in [0.05, 0.1) is 15.5 Å². The third-order valence-corrected chi connectivity index (χ3v) is 9.15. The first-order valence-electron chi connectivity index (χ1n) is 11.2. The fraction of sp³-hybridized carbons (Fsp3) is 0.280. The Balaban J connectivity index is 1.33. The molecule has 34 heavy (non-hydrogen) atoms. The molecule has 2 aliphatic heterocycles. The zero-order valence-corrected chi connectivity index (χ0v) is 20.4. The van der Waals surface area contributed by atoms with Gasteiger partial charge in [0, 0.05) is 37.8 Å². The molecule has 0 unspecified atom stereocenters. The smallest absolute Gasteiger partial charge is 0.264 e. The Labute approximate surface area is 203 Å². The summed E-state index contributed by atoms with van der Waals surface area (Å²) in [7, 11) is -3.82. The molecule has 3 heterocycles. The highest BCUT2D eigenvalue weighted by molar-refractivity contribution is 7.92. The van der Waals surface area contributed by atoms with E-state index < -0.39 is 10.0 Å². The lowest BCUT2D eigenvalue weighted by molar-refractivity contribution is 0.0538. The molecule has 2 amide bonds. The zero-order chi connectivity index (χ0) is 23.9. The van der Waals surface area contributed by atoms with E-state index in [1.807, 2.05) is 42.6 Å². The molecule has 0 radical (unpaired) electrons. The van der Waals surface area contributed by atoms with Crippen LogP contribution in [-0.4, -0.2) is 62.3 Å². The Morgan fingerprint density at radius 3 is 2.29 bits per heavy atom. The summed E-state index contributed by atoms with van der Waals surface area (Å²) in [5.41, 5.74) is 2.03. The lowest BCUT2D eigenvalue weighted by Gasteiger charge is -2.34. The number of carbonyl (C=O) groups excluding carboxylic acids is 2. The van der Waals surface area contributed by atoms with E-state index in [1.54, 1.807) is 28.0 Å². The molecule has 176 valence electrons. The van der Waals surface area contributed by atoms with Crippen molar-refractivity contribution in [2.75, 3.05) is 30.5 Å². The quantitative estimate of drug-likeness (QED) is 0.555. The van der Waals surface area contributed by atoms with Crippen molar-refractivity contribution >= 4 is 38.9 Å². The van der Waals surface area contributed by atoms with Crippen LogP contribution in [0, 0.1) is 0 Å². The molecule has 3 aromatic rings. The van der Waals surface area contributed by atoms with E-state index in [1.165, 1.54) is 27.8 Å². The van der Waals surface area contributed by atoms with Gasteiger partial charge < -0.3 is 9.80 Å². The highest BCUT2D eigenvalue weighted by Crippen LogP contribution is 2.36. The number of piperazine rings is 1. The molecule has 1 fully saturated rings. The Bertz CT molecular complexity index is 1330. The minimum atomic E-state index is -3.82. The predicted molar refractivity (Wildman–Crippen MR) is 132 cm³/mol. The van der Waals surface area contributed by atoms with Gasteiger partial charge in [-0.2, -0.15) is 0 Å². The highest BCUT2D eigenvalue weighted by atomic mass is 32.2. The molecule has 0 spiro atoms. The van der Waals surface area contributed by atoms with Crippen molar-refractivity contribution in [2.45, 2.75) is 24.3 Å². The average Bonchev–Trinajstić information content (AvgIpc) is 3.51. The van der Waals surface area contributed by atoms with Crippen LogP contribution in [0.2, 0.25) is 0 Å². The molecular weight excluding hydrogens is 470 g/mol. The number of anilines is 1. The third kappa shape index (κ3) is 3.99. The van der Waals surface area contributed by atoms with Crippen LogP contribution >= 0.6 is 11.3 Å². The summed E-state index contributed by atoms with van der Waals surface area (Å²) >= 11 is 1.41. The molecule has 5 rings (SSSR count). The van der Waals surface area contributed by atoms with Gasteiger partial charge in [0.25, 0.3) is 21.8 Å². The Morgan fingerprint density at radius 2 is 1.59 bits per heavy atom. The van der Waals surface area contributed by atoms with Gasteiger partial charge in [0.1, 0.15) is 0 Å². The first kappa shape index (κ1) is 22.6. The van der Waals surface area contributed by atoms with Crippen LogP contribution in [0.5, 0.6) is 0 Å². The number of benzene rings is 2. The largest absolute Gasteiger partial charge is 0.335 e. The van der Waals surface area contributed by atoms with Crippen LogP contribution in [0.25, 0.3) is 0 Å². The van der Waals surface area contributed by atoms with Gasteiger partial charge in [-0.1, -0.05) is 30.3 Å². The van der Waals surface area contributed by atoms with Crippen molar-refractivity contribution in [3.8, 4) is 0 Å². The molecule has 7 nitrogen and oxygen atoms in total. The average molecular weight is 496 g/mol. The number of sulfonamides is 1. The van der Waals surface area contributed by atoms with Crippen molar-refractivity contribution in [1.82, 2.24) is 9.80 Å². The van der Waals surface area contributed by atoms with E-state index in [0.717, 1.165) is 5.56 Å². The highest BCUT2D eigenvalue weighted by Gasteiger charge is 2.36. The van der Waals surface area contributed by atoms with E-state index in [4.69, 9.17) is 0 Å². The maximum Gasteiger partial charge on any atom is 0.264 e. The van der Waals surface area contributed by atoms with Crippen molar-refractivity contribution in [3.05, 3.63) is 82.0 Å². The monoisotopic (exact) mass is 495 g/mol. The predicted octanol–water partition coefficient (Wildman–Crippen LogP) is 3.49. The van der Waals surface area contributed by atoms with Crippen molar-refractivity contribution < 1.29 is 18.0 Å². The number of nitrogens with zero attached hydrogens (tertiary/aromatic N) is 3. The fourth-order valence-corrected chi connectivity index (χ4v) is 7.09. The van der Waals surface area contributed by atoms with Crippen LogP contribution in [0.1, 0.15) is 32.5 Å². The molecule has 0 aliphatic carbocycles. The minimum Gasteiger partial charge on any atom is -0.335 e. The summed E-state index contributed by atoms with van der Waals surface area (Å²) in [4.78, 5) is 30.0. The second-order valence-electron chi connectivity index (χ2n) is 8.57. The maximum absolute atomic E-state index is 13.5. The van der Waals surface area contributed by atoms with E-state index in [2.05, 4.69) is 0 Å². The van der Waals surface area contributed by atoms with Crippen LogP contribution in [-0.2, 0) is 16.4 Å². The van der Waals surface area contributed by atoms with Gasteiger partial charge >= 0.3 is 0 Å². The molecule has 1 aromatic heterocycles. The van der Waals surface area contributed by atoms with E-state index in [9.17, 15) is 18.0 Å². The van der Waals surface area contributed by atoms with Gasteiger partial charge in [-0.05, 0) is 54.6 Å². The standard InChI is InChI=1S/C25H25N3O4S2/c1-18-16-19-6-2-3-9-22(19)28(18)34(31,32)21-8-4-7-20(17-21)24(29)26-11-13-27(14-12-26)25(30)23-10-5-15-33-23/h2-10,15,17-18H,11-14,16H2,1H3/t18-/m1/s1. The third-order valence-electron chi connectivity index (χ3n) is 6.37. The Hall–Kier alpha value is -3.17. The number of fused-ring (bicyclic) bond motifs is 1. The fourth-order valence-electron chi connectivity index (χ4n) is 4.66. The summed E-state index contributed by atoms with van der Waals surface area (Å²) in [5.74, 6) is -0.245. The molecular formula is C25H25N3O4S2. The normalized spacial score (nSPS) is 18.1. The first-order valence-corrected chi connectivity index (χ1v) is 13.5. The summed E-state index contributed by atoms with van der Waals surface area (Å²) in [5, 5.41) is 1.87. The van der Waals surface area contributed by atoms with E-state index in [-0.39, 0.29) is 22.8 Å². The lowest BCUT2D eigenvalue weighted by atomic mass is 10.1. The van der Waals surface area contributed by atoms with Gasteiger partial charge in [-0.15, -0.1) is 11.3 Å². The number of rotatable bonds is 4. The van der Waals surface area contributed by atoms with Crippen molar-refractivity contribution in [2.24, 2.45) is 0 Å². The van der Waals surface area contributed by atoms with Crippen LogP contribution < -0.4 is 4.31 Å². The Kier molecular flexibility index (Phi) is 5.91. The summed E-state index contributed by atoms with van der Waals surface area (Å²) < 4.78 is 28.6. The minimum absolute atomic E-state index is 0.0183. The second-order valence-corrected chi connectivity index (χ2v) is 11.3. The molecule has 9 heteroatoms. The summed E-state index contributed by atoms with van der Waals surface area (Å²) in [6.45, 7) is 3.60. The number of amides is 2. The molecule has 1 saturated heterocycles. The Morgan fingerprint density at radius 1 is 0.882 bits per heavy atom. The van der Waals surface area contributed by atoms with Gasteiger partial charge in [0.2, 0.25) is 0 Å². The lowest BCUT2D eigenvalue weighted by Crippen LogP contribution is -2.50. The van der Waals surface area contributed by atoms with Gasteiger partial charge in [-0.25, -0.2) is 8.42 Å². The summed E-state index contributed by atoms with van der Waals surface area (Å²) in [6.07, 6.45) is 0.655. The maximum atomic E-state index is 13.5.